The number of carbonyl (C=O) groups excluding carboxylic acids is 1. The monoisotopic (exact) mass is 203 g/mol. The summed E-state index contributed by atoms with van der Waals surface area (Å²) in [7, 11) is 0. The van der Waals surface area contributed by atoms with Crippen LogP contribution in [0.5, 0.6) is 0 Å². The molecule has 54 valence electrons. The molecule has 5 heteroatoms. The summed E-state index contributed by atoms with van der Waals surface area (Å²) in [5, 5.41) is 9.12. The van der Waals surface area contributed by atoms with Crippen molar-refractivity contribution in [3.8, 4) is 0 Å². The number of nitrogens with zero attached hydrogens (tertiary/aromatic N) is 1. The zero-order valence-electron chi connectivity index (χ0n) is 5.10. The summed E-state index contributed by atoms with van der Waals surface area (Å²) < 4.78 is 0. The van der Waals surface area contributed by atoms with Crippen molar-refractivity contribution in [1.82, 2.24) is 10.2 Å². The van der Waals surface area contributed by atoms with Gasteiger partial charge in [0.2, 0.25) is 5.91 Å². The van der Waals surface area contributed by atoms with Crippen LogP contribution in [0.25, 0.3) is 0 Å². The first kappa shape index (κ1) is 7.27. The molecule has 0 aromatic carbocycles. The fourth-order valence-corrected chi connectivity index (χ4v) is 0.649. The van der Waals surface area contributed by atoms with E-state index in [1.54, 1.807) is 12.3 Å². The number of hydrogen-bond donors (Lipinski definition) is 2. The van der Waals surface area contributed by atoms with Crippen molar-refractivity contribution >= 4 is 27.7 Å². The van der Waals surface area contributed by atoms with E-state index in [1.165, 1.54) is 0 Å². The molecule has 0 atom stereocenters. The third-order valence-corrected chi connectivity index (χ3v) is 1.41. The Morgan fingerprint density at radius 1 is 1.90 bits per heavy atom. The molecule has 0 spiro atoms. The van der Waals surface area contributed by atoms with Crippen LogP contribution >= 0.6 is 15.9 Å². The first-order valence-electron chi connectivity index (χ1n) is 2.68. The molecule has 4 nitrogen and oxygen atoms in total. The molecule has 2 N–H and O–H groups in total. The van der Waals surface area contributed by atoms with E-state index in [2.05, 4.69) is 31.4 Å². The second-order valence-electron chi connectivity index (χ2n) is 1.65. The third-order valence-electron chi connectivity index (χ3n) is 0.896. The minimum Gasteiger partial charge on any atom is -0.310 e. The predicted molar refractivity (Wildman–Crippen MR) is 41.0 cm³/mol. The Hall–Kier alpha value is -0.840. The molecule has 0 saturated heterocycles. The molecule has 1 heterocycles. The molecule has 10 heavy (non-hydrogen) atoms. The number of H-pyrrole nitrogens is 1. The Kier molecular flexibility index (Phi) is 2.44. The number of carbonyl (C=O) groups is 1. The molecule has 1 amide bonds. The molecule has 1 aromatic heterocycles. The van der Waals surface area contributed by atoms with Crippen molar-refractivity contribution in [3.05, 3.63) is 12.3 Å². The summed E-state index contributed by atoms with van der Waals surface area (Å²) in [6, 6.07) is 1.68. The standard InChI is InChI=1S/C5H6BrN3O/c6-3-5(10)8-4-1-2-7-9-4/h1-2H,3H2,(H2,7,8,9,10). The van der Waals surface area contributed by atoms with Crippen LogP contribution in [0.3, 0.4) is 0 Å². The predicted octanol–water partition coefficient (Wildman–Crippen LogP) is 0.743. The quantitative estimate of drug-likeness (QED) is 0.698. The van der Waals surface area contributed by atoms with Crippen molar-refractivity contribution in [1.29, 1.82) is 0 Å². The molecule has 0 unspecified atom stereocenters. The van der Waals surface area contributed by atoms with Gasteiger partial charge in [0.15, 0.2) is 0 Å². The Morgan fingerprint density at radius 3 is 3.20 bits per heavy atom. The van der Waals surface area contributed by atoms with E-state index in [9.17, 15) is 4.79 Å². The van der Waals surface area contributed by atoms with Crippen LogP contribution in [0.4, 0.5) is 5.82 Å². The van der Waals surface area contributed by atoms with E-state index in [0.717, 1.165) is 0 Å². The second-order valence-corrected chi connectivity index (χ2v) is 2.21. The van der Waals surface area contributed by atoms with E-state index in [-0.39, 0.29) is 5.91 Å². The van der Waals surface area contributed by atoms with E-state index >= 15 is 0 Å². The SMILES string of the molecule is O=C(CBr)Nc1ccn[nH]1. The molecule has 1 rings (SSSR count). The fourth-order valence-electron chi connectivity index (χ4n) is 0.509. The lowest BCUT2D eigenvalue weighted by Gasteiger charge is -1.95. The van der Waals surface area contributed by atoms with Crippen molar-refractivity contribution in [2.24, 2.45) is 0 Å². The van der Waals surface area contributed by atoms with Crippen LogP contribution in [-0.4, -0.2) is 21.4 Å². The number of nitrogens with one attached hydrogen (secondary N) is 2. The van der Waals surface area contributed by atoms with Crippen molar-refractivity contribution in [3.63, 3.8) is 0 Å². The third kappa shape index (κ3) is 1.84. The maximum atomic E-state index is 10.7. The van der Waals surface area contributed by atoms with Crippen molar-refractivity contribution < 1.29 is 4.79 Å². The fraction of sp³-hybridized carbons (Fsp3) is 0.200. The summed E-state index contributed by atoms with van der Waals surface area (Å²) in [5.74, 6) is 0.522. The lowest BCUT2D eigenvalue weighted by atomic mass is 10.6. The minimum atomic E-state index is -0.0933. The largest absolute Gasteiger partial charge is 0.310 e. The normalized spacial score (nSPS) is 9.30. The van der Waals surface area contributed by atoms with Gasteiger partial charge in [0.1, 0.15) is 5.82 Å². The summed E-state index contributed by atoms with van der Waals surface area (Å²) in [4.78, 5) is 10.7. The molecule has 0 aliphatic rings. The first-order valence-corrected chi connectivity index (χ1v) is 3.80. The van der Waals surface area contributed by atoms with Gasteiger partial charge >= 0.3 is 0 Å². The molecule has 0 bridgehead atoms. The van der Waals surface area contributed by atoms with Crippen LogP contribution in [0.15, 0.2) is 12.3 Å². The molecular formula is C5H6BrN3O. The highest BCUT2D eigenvalue weighted by Gasteiger charge is 1.97. The van der Waals surface area contributed by atoms with Gasteiger partial charge in [-0.2, -0.15) is 5.10 Å². The highest BCUT2D eigenvalue weighted by molar-refractivity contribution is 9.09. The van der Waals surface area contributed by atoms with E-state index in [1.807, 2.05) is 0 Å². The van der Waals surface area contributed by atoms with Crippen molar-refractivity contribution in [2.45, 2.75) is 0 Å². The van der Waals surface area contributed by atoms with Gasteiger partial charge in [-0.3, -0.25) is 9.89 Å². The van der Waals surface area contributed by atoms with Gasteiger partial charge < -0.3 is 5.32 Å². The number of rotatable bonds is 2. The van der Waals surface area contributed by atoms with Gasteiger partial charge in [0.25, 0.3) is 0 Å². The van der Waals surface area contributed by atoms with Crippen LogP contribution in [0.1, 0.15) is 0 Å². The molecule has 1 aromatic rings. The summed E-state index contributed by atoms with van der Waals surface area (Å²) in [6.45, 7) is 0. The zero-order valence-corrected chi connectivity index (χ0v) is 6.68. The minimum absolute atomic E-state index is 0.0933. The first-order chi connectivity index (χ1) is 4.83. The number of alkyl halides is 1. The maximum Gasteiger partial charge on any atom is 0.236 e. The van der Waals surface area contributed by atoms with E-state index < -0.39 is 0 Å². The molecule has 0 aliphatic carbocycles. The van der Waals surface area contributed by atoms with Gasteiger partial charge in [0, 0.05) is 6.07 Å². The molecule has 0 aliphatic heterocycles. The lowest BCUT2D eigenvalue weighted by molar-refractivity contribution is -0.113. The van der Waals surface area contributed by atoms with Crippen LogP contribution in [-0.2, 0) is 4.79 Å². The smallest absolute Gasteiger partial charge is 0.236 e. The lowest BCUT2D eigenvalue weighted by Crippen LogP contribution is -2.12. The highest BCUT2D eigenvalue weighted by Crippen LogP contribution is 1.98. The number of aromatic nitrogens is 2. The van der Waals surface area contributed by atoms with Gasteiger partial charge in [-0.1, -0.05) is 15.9 Å². The number of aromatic amines is 1. The highest BCUT2D eigenvalue weighted by atomic mass is 79.9. The van der Waals surface area contributed by atoms with Crippen LogP contribution in [0.2, 0.25) is 0 Å². The van der Waals surface area contributed by atoms with Crippen LogP contribution in [0, 0.1) is 0 Å². The Bertz CT molecular complexity index is 209. The van der Waals surface area contributed by atoms with Crippen molar-refractivity contribution in [2.75, 3.05) is 10.6 Å². The number of hydrogen-bond acceptors (Lipinski definition) is 2. The van der Waals surface area contributed by atoms with Gasteiger partial charge in [-0.15, -0.1) is 0 Å². The summed E-state index contributed by atoms with van der Waals surface area (Å²) >= 11 is 3.01. The molecule has 0 radical (unpaired) electrons. The van der Waals surface area contributed by atoms with E-state index in [4.69, 9.17) is 0 Å². The Balaban J connectivity index is 2.48. The summed E-state index contributed by atoms with van der Waals surface area (Å²) in [6.07, 6.45) is 1.57. The maximum absolute atomic E-state index is 10.7. The van der Waals surface area contributed by atoms with Gasteiger partial charge in [0.05, 0.1) is 11.5 Å². The second kappa shape index (κ2) is 3.36. The topological polar surface area (TPSA) is 57.8 Å². The Morgan fingerprint density at radius 2 is 2.70 bits per heavy atom. The molecule has 0 fully saturated rings. The van der Waals surface area contributed by atoms with E-state index in [0.29, 0.717) is 11.1 Å². The summed E-state index contributed by atoms with van der Waals surface area (Å²) in [5.41, 5.74) is 0. The zero-order chi connectivity index (χ0) is 7.40. The van der Waals surface area contributed by atoms with Gasteiger partial charge in [-0.05, 0) is 0 Å². The number of halogens is 1. The van der Waals surface area contributed by atoms with Gasteiger partial charge in [-0.25, -0.2) is 0 Å². The Labute approximate surface area is 66.1 Å². The van der Waals surface area contributed by atoms with Crippen LogP contribution < -0.4 is 5.32 Å². The number of anilines is 1. The molecular weight excluding hydrogens is 198 g/mol. The average molecular weight is 204 g/mol. The molecule has 0 saturated carbocycles. The average Bonchev–Trinajstić information content (AvgIpc) is 2.40. The number of amides is 1.